The molecular weight excluding hydrogens is 272 g/mol. The van der Waals surface area contributed by atoms with E-state index in [1.165, 1.54) is 5.56 Å². The zero-order valence-electron chi connectivity index (χ0n) is 14.6. The molecule has 0 spiro atoms. The number of nitrogens with zero attached hydrogens (tertiary/aromatic N) is 1. The first-order chi connectivity index (χ1) is 10.5. The summed E-state index contributed by atoms with van der Waals surface area (Å²) < 4.78 is 5.42. The molecule has 0 saturated carbocycles. The standard InChI is InChI=1S/C19H32N2O/c1-16(14-19(3,4)18-8-6-5-7-9-18)20-17(2)15-21-10-12-22-13-11-21/h5-9,16-17,20H,10-15H2,1-4H3. The first kappa shape index (κ1) is 17.5. The van der Waals surface area contributed by atoms with E-state index in [1.807, 2.05) is 0 Å². The second-order valence-electron chi connectivity index (χ2n) is 7.34. The van der Waals surface area contributed by atoms with Gasteiger partial charge in [-0.1, -0.05) is 44.2 Å². The zero-order chi connectivity index (χ0) is 16.0. The molecule has 0 radical (unpaired) electrons. The molecule has 3 nitrogen and oxygen atoms in total. The van der Waals surface area contributed by atoms with Crippen molar-refractivity contribution in [1.82, 2.24) is 10.2 Å². The maximum absolute atomic E-state index is 5.42. The molecule has 0 aromatic heterocycles. The molecule has 1 aromatic carbocycles. The Labute approximate surface area is 136 Å². The first-order valence-corrected chi connectivity index (χ1v) is 8.59. The van der Waals surface area contributed by atoms with Crippen LogP contribution in [0.1, 0.15) is 39.7 Å². The third-order valence-electron chi connectivity index (χ3n) is 4.58. The number of hydrogen-bond donors (Lipinski definition) is 1. The van der Waals surface area contributed by atoms with Crippen molar-refractivity contribution < 1.29 is 4.74 Å². The molecule has 3 heteroatoms. The Morgan fingerprint density at radius 1 is 1.09 bits per heavy atom. The molecule has 1 aromatic rings. The van der Waals surface area contributed by atoms with Gasteiger partial charge < -0.3 is 10.1 Å². The maximum atomic E-state index is 5.42. The van der Waals surface area contributed by atoms with E-state index in [4.69, 9.17) is 4.74 Å². The van der Waals surface area contributed by atoms with Crippen LogP contribution in [0.4, 0.5) is 0 Å². The SMILES string of the molecule is CC(CN1CCOCC1)NC(C)CC(C)(C)c1ccccc1. The second kappa shape index (κ2) is 8.09. The molecule has 2 unspecified atom stereocenters. The van der Waals surface area contributed by atoms with E-state index in [0.29, 0.717) is 12.1 Å². The van der Waals surface area contributed by atoms with Gasteiger partial charge in [-0.3, -0.25) is 4.90 Å². The average molecular weight is 304 g/mol. The van der Waals surface area contributed by atoms with Crippen LogP contribution in [0.2, 0.25) is 0 Å². The summed E-state index contributed by atoms with van der Waals surface area (Å²) in [6.45, 7) is 14.3. The van der Waals surface area contributed by atoms with Gasteiger partial charge in [0.15, 0.2) is 0 Å². The molecular formula is C19H32N2O. The number of benzene rings is 1. The average Bonchev–Trinajstić information content (AvgIpc) is 2.48. The van der Waals surface area contributed by atoms with Gasteiger partial charge in [0.25, 0.3) is 0 Å². The molecule has 0 bridgehead atoms. The summed E-state index contributed by atoms with van der Waals surface area (Å²) >= 11 is 0. The van der Waals surface area contributed by atoms with Crippen LogP contribution >= 0.6 is 0 Å². The van der Waals surface area contributed by atoms with Crippen LogP contribution in [0.5, 0.6) is 0 Å². The first-order valence-electron chi connectivity index (χ1n) is 8.59. The third kappa shape index (κ3) is 5.38. The third-order valence-corrected chi connectivity index (χ3v) is 4.58. The lowest BCUT2D eigenvalue weighted by atomic mass is 9.79. The van der Waals surface area contributed by atoms with Crippen LogP contribution < -0.4 is 5.32 Å². The predicted octanol–water partition coefficient (Wildman–Crippen LogP) is 3.05. The van der Waals surface area contributed by atoms with Gasteiger partial charge in [-0.25, -0.2) is 0 Å². The van der Waals surface area contributed by atoms with Gasteiger partial charge in [-0.05, 0) is 31.2 Å². The van der Waals surface area contributed by atoms with E-state index in [0.717, 1.165) is 39.3 Å². The van der Waals surface area contributed by atoms with E-state index in [-0.39, 0.29) is 5.41 Å². The van der Waals surface area contributed by atoms with Crippen LogP contribution in [0, 0.1) is 0 Å². The molecule has 0 aliphatic carbocycles. The van der Waals surface area contributed by atoms with Crippen molar-refractivity contribution in [3.63, 3.8) is 0 Å². The molecule has 1 aliphatic heterocycles. The summed E-state index contributed by atoms with van der Waals surface area (Å²) in [6, 6.07) is 11.9. The Morgan fingerprint density at radius 2 is 1.73 bits per heavy atom. The minimum Gasteiger partial charge on any atom is -0.379 e. The lowest BCUT2D eigenvalue weighted by Gasteiger charge is -2.33. The Hall–Kier alpha value is -0.900. The summed E-state index contributed by atoms with van der Waals surface area (Å²) in [7, 11) is 0. The molecule has 1 N–H and O–H groups in total. The number of hydrogen-bond acceptors (Lipinski definition) is 3. The molecule has 2 atom stereocenters. The minimum absolute atomic E-state index is 0.201. The van der Waals surface area contributed by atoms with Crippen molar-refractivity contribution in [3.05, 3.63) is 35.9 Å². The Morgan fingerprint density at radius 3 is 2.36 bits per heavy atom. The summed E-state index contributed by atoms with van der Waals surface area (Å²) in [6.07, 6.45) is 1.14. The van der Waals surface area contributed by atoms with E-state index >= 15 is 0 Å². The lowest BCUT2D eigenvalue weighted by molar-refractivity contribution is 0.0338. The van der Waals surface area contributed by atoms with E-state index in [1.54, 1.807) is 0 Å². The molecule has 1 heterocycles. The summed E-state index contributed by atoms with van der Waals surface area (Å²) in [4.78, 5) is 2.50. The van der Waals surface area contributed by atoms with Gasteiger partial charge in [0, 0.05) is 31.7 Å². The van der Waals surface area contributed by atoms with E-state index in [2.05, 4.69) is 68.2 Å². The molecule has 1 saturated heterocycles. The molecule has 1 fully saturated rings. The highest BCUT2D eigenvalue weighted by molar-refractivity contribution is 5.23. The van der Waals surface area contributed by atoms with Crippen LogP contribution in [0.3, 0.4) is 0 Å². The highest BCUT2D eigenvalue weighted by atomic mass is 16.5. The van der Waals surface area contributed by atoms with Gasteiger partial charge in [0.05, 0.1) is 13.2 Å². The Bertz CT molecular complexity index is 426. The largest absolute Gasteiger partial charge is 0.379 e. The van der Waals surface area contributed by atoms with E-state index < -0.39 is 0 Å². The highest BCUT2D eigenvalue weighted by Crippen LogP contribution is 2.28. The lowest BCUT2D eigenvalue weighted by Crippen LogP contribution is -2.47. The number of morpholine rings is 1. The summed E-state index contributed by atoms with van der Waals surface area (Å²) in [5.74, 6) is 0. The maximum Gasteiger partial charge on any atom is 0.0594 e. The quantitative estimate of drug-likeness (QED) is 0.838. The van der Waals surface area contributed by atoms with Gasteiger partial charge >= 0.3 is 0 Å². The van der Waals surface area contributed by atoms with Crippen molar-refractivity contribution in [1.29, 1.82) is 0 Å². The van der Waals surface area contributed by atoms with Crippen LogP contribution in [-0.4, -0.2) is 49.8 Å². The Balaban J connectivity index is 1.80. The summed E-state index contributed by atoms with van der Waals surface area (Å²) in [5.41, 5.74) is 1.62. The topological polar surface area (TPSA) is 24.5 Å². The Kier molecular flexibility index (Phi) is 6.42. The fraction of sp³-hybridized carbons (Fsp3) is 0.684. The van der Waals surface area contributed by atoms with Crippen LogP contribution in [0.15, 0.2) is 30.3 Å². The van der Waals surface area contributed by atoms with Crippen molar-refractivity contribution in [2.45, 2.75) is 51.6 Å². The predicted molar refractivity (Wildman–Crippen MR) is 93.4 cm³/mol. The normalized spacial score (nSPS) is 19.8. The molecule has 1 aliphatic rings. The smallest absolute Gasteiger partial charge is 0.0594 e. The molecule has 22 heavy (non-hydrogen) atoms. The van der Waals surface area contributed by atoms with Gasteiger partial charge in [-0.15, -0.1) is 0 Å². The van der Waals surface area contributed by atoms with Crippen molar-refractivity contribution in [2.75, 3.05) is 32.8 Å². The van der Waals surface area contributed by atoms with Crippen LogP contribution in [-0.2, 0) is 10.2 Å². The van der Waals surface area contributed by atoms with Crippen molar-refractivity contribution >= 4 is 0 Å². The van der Waals surface area contributed by atoms with Crippen molar-refractivity contribution in [3.8, 4) is 0 Å². The van der Waals surface area contributed by atoms with Gasteiger partial charge in [-0.2, -0.15) is 0 Å². The zero-order valence-corrected chi connectivity index (χ0v) is 14.6. The summed E-state index contributed by atoms with van der Waals surface area (Å²) in [5, 5.41) is 3.77. The number of nitrogens with one attached hydrogen (secondary N) is 1. The molecule has 124 valence electrons. The van der Waals surface area contributed by atoms with Crippen molar-refractivity contribution in [2.24, 2.45) is 0 Å². The minimum atomic E-state index is 0.201. The number of ether oxygens (including phenoxy) is 1. The van der Waals surface area contributed by atoms with Gasteiger partial charge in [0.1, 0.15) is 0 Å². The fourth-order valence-corrected chi connectivity index (χ4v) is 3.54. The van der Waals surface area contributed by atoms with Gasteiger partial charge in [0.2, 0.25) is 0 Å². The monoisotopic (exact) mass is 304 g/mol. The number of rotatable bonds is 7. The molecule has 0 amide bonds. The van der Waals surface area contributed by atoms with E-state index in [9.17, 15) is 0 Å². The van der Waals surface area contributed by atoms with Crippen LogP contribution in [0.25, 0.3) is 0 Å². The second-order valence-corrected chi connectivity index (χ2v) is 7.34. The fourth-order valence-electron chi connectivity index (χ4n) is 3.54. The highest BCUT2D eigenvalue weighted by Gasteiger charge is 2.24. The molecule has 2 rings (SSSR count).